The first kappa shape index (κ1) is 10.3. The molecular weight excluding hydrogens is 164 g/mol. The number of hydrogen-bond donors (Lipinski definition) is 0. The molecule has 0 aromatic heterocycles. The summed E-state index contributed by atoms with van der Waals surface area (Å²) in [7, 11) is 0. The zero-order valence-corrected chi connectivity index (χ0v) is 8.13. The maximum absolute atomic E-state index is 11.2. The Morgan fingerprint density at radius 1 is 1.08 bits per heavy atom. The zero-order chi connectivity index (χ0) is 9.36. The van der Waals surface area contributed by atoms with Gasteiger partial charge in [0.1, 0.15) is 5.78 Å². The van der Waals surface area contributed by atoms with Gasteiger partial charge in [0.25, 0.3) is 0 Å². The second kappa shape index (κ2) is 6.70. The number of ketones is 1. The first-order chi connectivity index (χ1) is 6.39. The van der Waals surface area contributed by atoms with Crippen LogP contribution in [0.3, 0.4) is 0 Å². The van der Waals surface area contributed by atoms with Crippen LogP contribution >= 0.6 is 0 Å². The van der Waals surface area contributed by atoms with Crippen molar-refractivity contribution >= 4 is 5.78 Å². The van der Waals surface area contributed by atoms with E-state index in [-0.39, 0.29) is 0 Å². The van der Waals surface area contributed by atoms with Crippen LogP contribution in [0.4, 0.5) is 0 Å². The quantitative estimate of drug-likeness (QED) is 0.576. The summed E-state index contributed by atoms with van der Waals surface area (Å²) < 4.78 is 5.18. The zero-order valence-electron chi connectivity index (χ0n) is 8.13. The van der Waals surface area contributed by atoms with Crippen LogP contribution in [-0.2, 0) is 9.53 Å². The SMILES string of the molecule is O=C1CCCCCC/C=C\OCC1. The van der Waals surface area contributed by atoms with Gasteiger partial charge in [0, 0.05) is 12.8 Å². The second-order valence-electron chi connectivity index (χ2n) is 3.48. The largest absolute Gasteiger partial charge is 0.501 e. The van der Waals surface area contributed by atoms with Gasteiger partial charge in [0.2, 0.25) is 0 Å². The summed E-state index contributed by atoms with van der Waals surface area (Å²) in [4.78, 5) is 11.2. The van der Waals surface area contributed by atoms with Gasteiger partial charge in [0.15, 0.2) is 0 Å². The van der Waals surface area contributed by atoms with Crippen molar-refractivity contribution in [2.24, 2.45) is 0 Å². The van der Waals surface area contributed by atoms with E-state index in [1.165, 1.54) is 19.3 Å². The van der Waals surface area contributed by atoms with Crippen molar-refractivity contribution in [3.05, 3.63) is 12.3 Å². The summed E-state index contributed by atoms with van der Waals surface area (Å²) in [5, 5.41) is 0. The Balaban J connectivity index is 2.24. The molecule has 0 bridgehead atoms. The molecule has 0 atom stereocenters. The van der Waals surface area contributed by atoms with Crippen LogP contribution in [0.15, 0.2) is 12.3 Å². The Hall–Kier alpha value is -0.790. The molecule has 0 saturated carbocycles. The van der Waals surface area contributed by atoms with Gasteiger partial charge in [-0.15, -0.1) is 0 Å². The lowest BCUT2D eigenvalue weighted by Gasteiger charge is -2.03. The highest BCUT2D eigenvalue weighted by molar-refractivity contribution is 5.78. The van der Waals surface area contributed by atoms with Crippen LogP contribution in [0.1, 0.15) is 44.9 Å². The van der Waals surface area contributed by atoms with Crippen molar-refractivity contribution in [2.75, 3.05) is 6.61 Å². The number of rotatable bonds is 0. The Kier molecular flexibility index (Phi) is 5.30. The summed E-state index contributed by atoms with van der Waals surface area (Å²) >= 11 is 0. The molecule has 0 N–H and O–H groups in total. The Morgan fingerprint density at radius 3 is 2.85 bits per heavy atom. The number of allylic oxidation sites excluding steroid dienone is 1. The first-order valence-corrected chi connectivity index (χ1v) is 5.18. The molecule has 2 heteroatoms. The molecule has 0 radical (unpaired) electrons. The summed E-state index contributed by atoms with van der Waals surface area (Å²) in [6.07, 6.45) is 10.9. The highest BCUT2D eigenvalue weighted by Crippen LogP contribution is 2.08. The summed E-state index contributed by atoms with van der Waals surface area (Å²) in [6, 6.07) is 0. The fraction of sp³-hybridized carbons (Fsp3) is 0.727. The molecule has 0 aromatic rings. The number of carbonyl (C=O) groups excluding carboxylic acids is 1. The van der Waals surface area contributed by atoms with E-state index in [0.29, 0.717) is 18.8 Å². The minimum absolute atomic E-state index is 0.342. The van der Waals surface area contributed by atoms with Crippen LogP contribution < -0.4 is 0 Å². The molecule has 1 rings (SSSR count). The third kappa shape index (κ3) is 5.45. The molecule has 0 fully saturated rings. The Labute approximate surface area is 80.0 Å². The minimum atomic E-state index is 0.342. The van der Waals surface area contributed by atoms with E-state index in [9.17, 15) is 4.79 Å². The molecule has 2 nitrogen and oxygen atoms in total. The van der Waals surface area contributed by atoms with E-state index in [0.717, 1.165) is 19.3 Å². The fourth-order valence-electron chi connectivity index (χ4n) is 1.44. The minimum Gasteiger partial charge on any atom is -0.501 e. The maximum atomic E-state index is 11.2. The highest BCUT2D eigenvalue weighted by atomic mass is 16.5. The van der Waals surface area contributed by atoms with E-state index in [1.807, 2.05) is 6.08 Å². The van der Waals surface area contributed by atoms with Gasteiger partial charge in [-0.05, 0) is 25.3 Å². The first-order valence-electron chi connectivity index (χ1n) is 5.18. The average Bonchev–Trinajstić information content (AvgIpc) is 2.11. The molecule has 0 aliphatic carbocycles. The predicted molar refractivity (Wildman–Crippen MR) is 52.4 cm³/mol. The van der Waals surface area contributed by atoms with Crippen molar-refractivity contribution in [1.29, 1.82) is 0 Å². The van der Waals surface area contributed by atoms with Gasteiger partial charge >= 0.3 is 0 Å². The van der Waals surface area contributed by atoms with Crippen molar-refractivity contribution in [3.8, 4) is 0 Å². The third-order valence-corrected chi connectivity index (χ3v) is 2.27. The van der Waals surface area contributed by atoms with Gasteiger partial charge in [-0.2, -0.15) is 0 Å². The van der Waals surface area contributed by atoms with E-state index in [2.05, 4.69) is 0 Å². The molecule has 0 saturated heterocycles. The standard InChI is InChI=1S/C11H18O2/c12-11-7-5-3-1-2-4-6-9-13-10-8-11/h6,9H,1-5,7-8,10H2/b9-6-. The molecule has 74 valence electrons. The van der Waals surface area contributed by atoms with Crippen LogP contribution in [0.2, 0.25) is 0 Å². The van der Waals surface area contributed by atoms with E-state index in [4.69, 9.17) is 4.74 Å². The molecule has 1 aliphatic heterocycles. The molecular formula is C11H18O2. The predicted octanol–water partition coefficient (Wildman–Crippen LogP) is 2.83. The average molecular weight is 182 g/mol. The third-order valence-electron chi connectivity index (χ3n) is 2.27. The van der Waals surface area contributed by atoms with Gasteiger partial charge in [0.05, 0.1) is 12.9 Å². The van der Waals surface area contributed by atoms with Crippen LogP contribution in [0.25, 0.3) is 0 Å². The van der Waals surface area contributed by atoms with Gasteiger partial charge < -0.3 is 4.74 Å². The van der Waals surface area contributed by atoms with E-state index in [1.54, 1.807) is 6.26 Å². The highest BCUT2D eigenvalue weighted by Gasteiger charge is 2.01. The molecule has 0 amide bonds. The van der Waals surface area contributed by atoms with Crippen molar-refractivity contribution < 1.29 is 9.53 Å². The van der Waals surface area contributed by atoms with Gasteiger partial charge in [-0.25, -0.2) is 0 Å². The number of Topliss-reactive ketones (excluding diaryl/α,β-unsaturated/α-hetero) is 1. The summed E-state index contributed by atoms with van der Waals surface area (Å²) in [5.74, 6) is 0.342. The van der Waals surface area contributed by atoms with Crippen molar-refractivity contribution in [2.45, 2.75) is 44.9 Å². The smallest absolute Gasteiger partial charge is 0.136 e. The van der Waals surface area contributed by atoms with E-state index >= 15 is 0 Å². The lowest BCUT2D eigenvalue weighted by atomic mass is 10.1. The lowest BCUT2D eigenvalue weighted by molar-refractivity contribution is -0.119. The van der Waals surface area contributed by atoms with Crippen LogP contribution in [0, 0.1) is 0 Å². The fourth-order valence-corrected chi connectivity index (χ4v) is 1.44. The second-order valence-corrected chi connectivity index (χ2v) is 3.48. The van der Waals surface area contributed by atoms with Gasteiger partial charge in [-0.3, -0.25) is 4.79 Å². The molecule has 0 aromatic carbocycles. The van der Waals surface area contributed by atoms with Gasteiger partial charge in [-0.1, -0.05) is 12.8 Å². The summed E-state index contributed by atoms with van der Waals surface area (Å²) in [6.45, 7) is 0.551. The molecule has 0 spiro atoms. The Bertz CT molecular complexity index is 173. The lowest BCUT2D eigenvalue weighted by Crippen LogP contribution is -2.02. The van der Waals surface area contributed by atoms with Crippen LogP contribution in [-0.4, -0.2) is 12.4 Å². The number of hydrogen-bond acceptors (Lipinski definition) is 2. The maximum Gasteiger partial charge on any atom is 0.136 e. The molecule has 13 heavy (non-hydrogen) atoms. The monoisotopic (exact) mass is 182 g/mol. The normalized spacial score (nSPS) is 23.8. The molecule has 1 aliphatic rings. The van der Waals surface area contributed by atoms with Crippen LogP contribution in [0.5, 0.6) is 0 Å². The Morgan fingerprint density at radius 2 is 1.92 bits per heavy atom. The van der Waals surface area contributed by atoms with E-state index < -0.39 is 0 Å². The number of ether oxygens (including phenoxy) is 1. The summed E-state index contributed by atoms with van der Waals surface area (Å²) in [5.41, 5.74) is 0. The van der Waals surface area contributed by atoms with Crippen molar-refractivity contribution in [3.63, 3.8) is 0 Å². The molecule has 1 heterocycles. The topological polar surface area (TPSA) is 26.3 Å². The molecule has 0 unspecified atom stereocenters. The number of carbonyl (C=O) groups is 1. The van der Waals surface area contributed by atoms with Crippen molar-refractivity contribution in [1.82, 2.24) is 0 Å².